The first-order valence-corrected chi connectivity index (χ1v) is 9.44. The molecule has 3 aromatic rings. The molecule has 1 aliphatic heterocycles. The monoisotopic (exact) mass is 367 g/mol. The first kappa shape index (κ1) is 17.5. The van der Waals surface area contributed by atoms with Gasteiger partial charge in [-0.05, 0) is 38.8 Å². The second-order valence-corrected chi connectivity index (χ2v) is 7.11. The number of nitrogens with one attached hydrogen (secondary N) is 1. The molecule has 1 N–H and O–H groups in total. The first-order valence-electron chi connectivity index (χ1n) is 9.44. The van der Waals surface area contributed by atoms with E-state index < -0.39 is 0 Å². The second-order valence-electron chi connectivity index (χ2n) is 7.11. The lowest BCUT2D eigenvalue weighted by Gasteiger charge is -2.32. The average Bonchev–Trinajstić information content (AvgIpc) is 3.26. The van der Waals surface area contributed by atoms with Crippen molar-refractivity contribution < 1.29 is 4.79 Å². The number of urea groups is 1. The Morgan fingerprint density at radius 1 is 1.30 bits per heavy atom. The Bertz CT molecular complexity index is 945. The third kappa shape index (κ3) is 3.51. The summed E-state index contributed by atoms with van der Waals surface area (Å²) >= 11 is 0. The molecule has 1 aliphatic rings. The molecule has 0 aliphatic carbocycles. The van der Waals surface area contributed by atoms with Gasteiger partial charge in [-0.25, -0.2) is 9.78 Å². The summed E-state index contributed by atoms with van der Waals surface area (Å²) in [5.74, 6) is 1.15. The van der Waals surface area contributed by atoms with Gasteiger partial charge in [-0.15, -0.1) is 10.2 Å². The zero-order chi connectivity index (χ0) is 18.8. The number of aromatic nitrogens is 5. The lowest BCUT2D eigenvalue weighted by Crippen LogP contribution is -2.46. The van der Waals surface area contributed by atoms with Crippen LogP contribution in [0.2, 0.25) is 0 Å². The number of fused-ring (bicyclic) bond motifs is 1. The van der Waals surface area contributed by atoms with Crippen LogP contribution in [0.4, 0.5) is 4.79 Å². The van der Waals surface area contributed by atoms with Gasteiger partial charge in [0.1, 0.15) is 5.82 Å². The predicted octanol–water partition coefficient (Wildman–Crippen LogP) is 2.13. The Morgan fingerprint density at radius 2 is 2.19 bits per heavy atom. The van der Waals surface area contributed by atoms with Crippen LogP contribution < -0.4 is 5.32 Å². The Labute approximate surface area is 158 Å². The van der Waals surface area contributed by atoms with Crippen LogP contribution in [0, 0.1) is 13.8 Å². The normalized spacial score (nSPS) is 17.4. The van der Waals surface area contributed by atoms with Crippen LogP contribution in [0.5, 0.6) is 0 Å². The summed E-state index contributed by atoms with van der Waals surface area (Å²) in [6, 6.07) is 5.87. The fourth-order valence-electron chi connectivity index (χ4n) is 3.68. The van der Waals surface area contributed by atoms with Gasteiger partial charge >= 0.3 is 6.03 Å². The number of hydrogen-bond donors (Lipinski definition) is 1. The summed E-state index contributed by atoms with van der Waals surface area (Å²) in [6.45, 7) is 6.80. The molecule has 4 heterocycles. The van der Waals surface area contributed by atoms with Crippen LogP contribution in [0.1, 0.15) is 36.0 Å². The largest absolute Gasteiger partial charge is 0.336 e. The Hall–Kier alpha value is -2.90. The van der Waals surface area contributed by atoms with Gasteiger partial charge in [0.05, 0.1) is 12.0 Å². The molecular formula is C19H25N7O. The van der Waals surface area contributed by atoms with Crippen LogP contribution in [0.3, 0.4) is 0 Å². The summed E-state index contributed by atoms with van der Waals surface area (Å²) < 4.78 is 4.09. The number of likely N-dealkylation sites (tertiary alicyclic amines) is 1. The molecule has 0 spiro atoms. The van der Waals surface area contributed by atoms with Gasteiger partial charge in [-0.1, -0.05) is 6.07 Å². The number of amides is 2. The molecule has 1 saturated heterocycles. The van der Waals surface area contributed by atoms with E-state index in [0.717, 1.165) is 48.8 Å². The molecule has 0 bridgehead atoms. The summed E-state index contributed by atoms with van der Waals surface area (Å²) in [6.07, 6.45) is 5.80. The van der Waals surface area contributed by atoms with Gasteiger partial charge in [0, 0.05) is 44.0 Å². The van der Waals surface area contributed by atoms with E-state index in [9.17, 15) is 4.79 Å². The summed E-state index contributed by atoms with van der Waals surface area (Å²) in [5, 5.41) is 11.6. The number of nitrogens with zero attached hydrogens (tertiary/aromatic N) is 6. The molecule has 0 unspecified atom stereocenters. The van der Waals surface area contributed by atoms with Gasteiger partial charge in [0.2, 0.25) is 0 Å². The smallest absolute Gasteiger partial charge is 0.317 e. The van der Waals surface area contributed by atoms with Crippen LogP contribution in [-0.2, 0) is 6.54 Å². The van der Waals surface area contributed by atoms with E-state index in [0.29, 0.717) is 13.1 Å². The van der Waals surface area contributed by atoms with E-state index in [1.54, 1.807) is 0 Å². The maximum absolute atomic E-state index is 12.6. The Balaban J connectivity index is 1.36. The highest BCUT2D eigenvalue weighted by molar-refractivity contribution is 5.74. The molecule has 2 amide bonds. The summed E-state index contributed by atoms with van der Waals surface area (Å²) in [4.78, 5) is 18.8. The highest BCUT2D eigenvalue weighted by Crippen LogP contribution is 2.26. The molecular weight excluding hydrogens is 342 g/mol. The van der Waals surface area contributed by atoms with Crippen molar-refractivity contribution in [3.05, 3.63) is 47.9 Å². The molecule has 0 aromatic carbocycles. The summed E-state index contributed by atoms with van der Waals surface area (Å²) in [5.41, 5.74) is 3.02. The van der Waals surface area contributed by atoms with Gasteiger partial charge in [0.25, 0.3) is 0 Å². The third-order valence-corrected chi connectivity index (χ3v) is 5.39. The topological polar surface area (TPSA) is 80.3 Å². The number of carbonyl (C=O) groups excluding carboxylic acids is 1. The van der Waals surface area contributed by atoms with Gasteiger partial charge in [0.15, 0.2) is 5.65 Å². The van der Waals surface area contributed by atoms with Crippen LogP contribution >= 0.6 is 0 Å². The van der Waals surface area contributed by atoms with Crippen LogP contribution in [0.25, 0.3) is 5.65 Å². The zero-order valence-electron chi connectivity index (χ0n) is 15.8. The fraction of sp³-hybridized carbons (Fsp3) is 0.474. The van der Waals surface area contributed by atoms with Gasteiger partial charge in [-0.3, -0.25) is 4.40 Å². The van der Waals surface area contributed by atoms with E-state index in [2.05, 4.69) is 25.1 Å². The highest BCUT2D eigenvalue weighted by atomic mass is 16.2. The molecule has 4 rings (SSSR count). The highest BCUT2D eigenvalue weighted by Gasteiger charge is 2.27. The number of piperidine rings is 1. The minimum atomic E-state index is -0.0111. The quantitative estimate of drug-likeness (QED) is 0.766. The number of imidazole rings is 1. The van der Waals surface area contributed by atoms with Gasteiger partial charge < -0.3 is 14.8 Å². The number of rotatable bonds is 4. The van der Waals surface area contributed by atoms with Crippen molar-refractivity contribution in [3.8, 4) is 0 Å². The maximum atomic E-state index is 12.6. The van der Waals surface area contributed by atoms with E-state index in [-0.39, 0.29) is 11.9 Å². The number of carbonyl (C=O) groups is 1. The van der Waals surface area contributed by atoms with Gasteiger partial charge in [-0.2, -0.15) is 0 Å². The van der Waals surface area contributed by atoms with Crippen molar-refractivity contribution >= 4 is 11.7 Å². The van der Waals surface area contributed by atoms with Crippen LogP contribution in [-0.4, -0.2) is 54.7 Å². The lowest BCUT2D eigenvalue weighted by molar-refractivity contribution is 0.178. The average molecular weight is 367 g/mol. The van der Waals surface area contributed by atoms with Crippen molar-refractivity contribution in [2.75, 3.05) is 19.6 Å². The number of pyridine rings is 1. The third-order valence-electron chi connectivity index (χ3n) is 5.39. The molecule has 1 fully saturated rings. The van der Waals surface area contributed by atoms with Crippen molar-refractivity contribution in [1.82, 2.24) is 34.4 Å². The molecule has 8 nitrogen and oxygen atoms in total. The molecule has 142 valence electrons. The Kier molecular flexibility index (Phi) is 4.79. The zero-order valence-corrected chi connectivity index (χ0v) is 15.8. The molecule has 1 atom stereocenters. The second kappa shape index (κ2) is 7.38. The van der Waals surface area contributed by atoms with E-state index in [1.807, 2.05) is 53.9 Å². The number of hydrogen-bond acceptors (Lipinski definition) is 4. The van der Waals surface area contributed by atoms with E-state index >= 15 is 0 Å². The van der Waals surface area contributed by atoms with Crippen molar-refractivity contribution in [2.24, 2.45) is 0 Å². The maximum Gasteiger partial charge on any atom is 0.317 e. The molecule has 0 radical (unpaired) electrons. The minimum Gasteiger partial charge on any atom is -0.336 e. The molecule has 3 aromatic heterocycles. The molecule has 8 heteroatoms. The predicted molar refractivity (Wildman–Crippen MR) is 102 cm³/mol. The standard InChI is InChI=1S/C19H25N7O/c1-14-15(2)25(13-21-14)11-8-20-19(27)24-9-5-6-16(12-24)18-23-22-17-7-3-4-10-26(17)18/h3-4,7,10,13,16H,5-6,8-9,11-12H2,1-2H3,(H,20,27)/t16-/m0/s1. The SMILES string of the molecule is Cc1ncn(CCNC(=O)N2CCC[C@H](c3nnc4ccccn34)C2)c1C. The lowest BCUT2D eigenvalue weighted by atomic mass is 9.97. The van der Waals surface area contributed by atoms with Crippen LogP contribution in [0.15, 0.2) is 30.7 Å². The minimum absolute atomic E-state index is 0.0111. The van der Waals surface area contributed by atoms with Crippen molar-refractivity contribution in [3.63, 3.8) is 0 Å². The summed E-state index contributed by atoms with van der Waals surface area (Å²) in [7, 11) is 0. The van der Waals surface area contributed by atoms with Crippen molar-refractivity contribution in [1.29, 1.82) is 0 Å². The molecule has 0 saturated carbocycles. The fourth-order valence-corrected chi connectivity index (χ4v) is 3.68. The Morgan fingerprint density at radius 3 is 3.00 bits per heavy atom. The first-order chi connectivity index (χ1) is 13.1. The molecule has 27 heavy (non-hydrogen) atoms. The van der Waals surface area contributed by atoms with E-state index in [4.69, 9.17) is 0 Å². The number of aryl methyl sites for hydroxylation is 1. The van der Waals surface area contributed by atoms with Crippen molar-refractivity contribution in [2.45, 2.75) is 39.2 Å². The van der Waals surface area contributed by atoms with E-state index in [1.165, 1.54) is 0 Å².